The number of aromatic nitrogens is 2. The molecule has 1 fully saturated rings. The highest BCUT2D eigenvalue weighted by atomic mass is 35.5. The number of hydrogen-bond donors (Lipinski definition) is 0. The van der Waals surface area contributed by atoms with E-state index < -0.39 is 0 Å². The van der Waals surface area contributed by atoms with Crippen LogP contribution in [0.4, 0.5) is 5.69 Å². The van der Waals surface area contributed by atoms with Crippen LogP contribution in [0.25, 0.3) is 6.08 Å². The van der Waals surface area contributed by atoms with Gasteiger partial charge in [0.1, 0.15) is 5.75 Å². The molecule has 7 heteroatoms. The van der Waals surface area contributed by atoms with Crippen LogP contribution < -0.4 is 9.64 Å². The topological polar surface area (TPSA) is 50.6 Å². The normalized spacial score (nSPS) is 14.2. The summed E-state index contributed by atoms with van der Waals surface area (Å²) in [4.78, 5) is 17.0. The number of methoxy groups -OCH3 is 1. The number of hydrogen-bond acceptors (Lipinski definition) is 4. The number of ether oxygens (including phenoxy) is 1. The maximum Gasteiger partial charge on any atom is 0.246 e. The molecule has 0 unspecified atom stereocenters. The Morgan fingerprint density at radius 2 is 1.76 bits per heavy atom. The molecule has 2 aromatic carbocycles. The number of nitrogens with zero attached hydrogens (tertiary/aromatic N) is 4. The molecule has 2 heterocycles. The van der Waals surface area contributed by atoms with E-state index in [0.717, 1.165) is 52.1 Å². The summed E-state index contributed by atoms with van der Waals surface area (Å²) in [6.45, 7) is 7.58. The SMILES string of the molecule is COc1ccc(N2CCN(C(=O)/C=C/c3c(C)nn(Cc4ccccc4Cl)c3C)CC2)cc1. The number of halogens is 1. The van der Waals surface area contributed by atoms with Gasteiger partial charge in [-0.05, 0) is 55.8 Å². The van der Waals surface area contributed by atoms with Gasteiger partial charge < -0.3 is 14.5 Å². The van der Waals surface area contributed by atoms with Crippen LogP contribution in [-0.2, 0) is 11.3 Å². The first-order valence-electron chi connectivity index (χ1n) is 11.1. The molecule has 1 amide bonds. The fraction of sp³-hybridized carbons (Fsp3) is 0.308. The first-order chi connectivity index (χ1) is 16.0. The number of rotatable bonds is 6. The first kappa shape index (κ1) is 22.9. The fourth-order valence-corrected chi connectivity index (χ4v) is 4.33. The van der Waals surface area contributed by atoms with E-state index in [9.17, 15) is 4.79 Å². The van der Waals surface area contributed by atoms with Crippen LogP contribution in [0.3, 0.4) is 0 Å². The molecule has 0 atom stereocenters. The Morgan fingerprint density at radius 3 is 2.42 bits per heavy atom. The summed E-state index contributed by atoms with van der Waals surface area (Å²) in [5.41, 5.74) is 5.06. The Kier molecular flexibility index (Phi) is 7.04. The smallest absolute Gasteiger partial charge is 0.246 e. The van der Waals surface area contributed by atoms with Gasteiger partial charge in [-0.15, -0.1) is 0 Å². The molecule has 33 heavy (non-hydrogen) atoms. The Bertz CT molecular complexity index is 1150. The van der Waals surface area contributed by atoms with E-state index >= 15 is 0 Å². The molecule has 1 aromatic heterocycles. The van der Waals surface area contributed by atoms with Gasteiger partial charge >= 0.3 is 0 Å². The fourth-order valence-electron chi connectivity index (χ4n) is 4.13. The highest BCUT2D eigenvalue weighted by molar-refractivity contribution is 6.31. The van der Waals surface area contributed by atoms with Gasteiger partial charge in [-0.3, -0.25) is 9.48 Å². The molecule has 4 rings (SSSR count). The average Bonchev–Trinajstić information content (AvgIpc) is 3.11. The van der Waals surface area contributed by atoms with Crippen molar-refractivity contribution in [1.29, 1.82) is 0 Å². The highest BCUT2D eigenvalue weighted by Gasteiger charge is 2.20. The van der Waals surface area contributed by atoms with Gasteiger partial charge in [0.05, 0.1) is 19.3 Å². The summed E-state index contributed by atoms with van der Waals surface area (Å²) in [5, 5.41) is 5.39. The second-order valence-electron chi connectivity index (χ2n) is 8.18. The van der Waals surface area contributed by atoms with Crippen LogP contribution in [0.1, 0.15) is 22.5 Å². The molecule has 172 valence electrons. The molecule has 0 spiro atoms. The molecule has 1 saturated heterocycles. The van der Waals surface area contributed by atoms with Gasteiger partial charge in [0, 0.05) is 54.2 Å². The third-order valence-electron chi connectivity index (χ3n) is 6.14. The molecule has 6 nitrogen and oxygen atoms in total. The lowest BCUT2D eigenvalue weighted by Crippen LogP contribution is -2.48. The van der Waals surface area contributed by atoms with Crippen LogP contribution in [0.15, 0.2) is 54.6 Å². The summed E-state index contributed by atoms with van der Waals surface area (Å²) in [6.07, 6.45) is 3.55. The van der Waals surface area contributed by atoms with Crippen molar-refractivity contribution in [3.8, 4) is 5.75 Å². The zero-order valence-electron chi connectivity index (χ0n) is 19.3. The molecule has 0 bridgehead atoms. The number of amides is 1. The molecule has 1 aliphatic rings. The highest BCUT2D eigenvalue weighted by Crippen LogP contribution is 2.22. The molecular formula is C26H29ClN4O2. The summed E-state index contributed by atoms with van der Waals surface area (Å²) in [7, 11) is 1.67. The van der Waals surface area contributed by atoms with Gasteiger partial charge in [-0.25, -0.2) is 0 Å². The van der Waals surface area contributed by atoms with E-state index in [1.54, 1.807) is 13.2 Å². The molecule has 0 aliphatic carbocycles. The zero-order valence-corrected chi connectivity index (χ0v) is 20.0. The van der Waals surface area contributed by atoms with Gasteiger partial charge in [-0.1, -0.05) is 29.8 Å². The van der Waals surface area contributed by atoms with E-state index in [0.29, 0.717) is 19.6 Å². The van der Waals surface area contributed by atoms with Crippen molar-refractivity contribution in [1.82, 2.24) is 14.7 Å². The Morgan fingerprint density at radius 1 is 1.06 bits per heavy atom. The predicted molar refractivity (Wildman–Crippen MR) is 133 cm³/mol. The van der Waals surface area contributed by atoms with E-state index in [1.165, 1.54) is 0 Å². The Balaban J connectivity index is 1.38. The van der Waals surface area contributed by atoms with Crippen molar-refractivity contribution < 1.29 is 9.53 Å². The van der Waals surface area contributed by atoms with Crippen LogP contribution in [0.2, 0.25) is 5.02 Å². The number of anilines is 1. The molecule has 1 aliphatic heterocycles. The second-order valence-corrected chi connectivity index (χ2v) is 8.58. The van der Waals surface area contributed by atoms with Gasteiger partial charge in [0.2, 0.25) is 5.91 Å². The maximum absolute atomic E-state index is 12.8. The minimum absolute atomic E-state index is 0.0297. The first-order valence-corrected chi connectivity index (χ1v) is 11.5. The molecule has 0 saturated carbocycles. The minimum Gasteiger partial charge on any atom is -0.497 e. The lowest BCUT2D eigenvalue weighted by molar-refractivity contribution is -0.126. The number of aryl methyl sites for hydroxylation is 1. The van der Waals surface area contributed by atoms with Crippen molar-refractivity contribution in [2.75, 3.05) is 38.2 Å². The Labute approximate surface area is 200 Å². The van der Waals surface area contributed by atoms with Crippen molar-refractivity contribution >= 4 is 29.3 Å². The van der Waals surface area contributed by atoms with Gasteiger partial charge in [0.25, 0.3) is 0 Å². The predicted octanol–water partition coefficient (Wildman–Crippen LogP) is 4.57. The van der Waals surface area contributed by atoms with Crippen molar-refractivity contribution in [2.45, 2.75) is 20.4 Å². The van der Waals surface area contributed by atoms with Crippen LogP contribution in [0, 0.1) is 13.8 Å². The van der Waals surface area contributed by atoms with Gasteiger partial charge in [0.15, 0.2) is 0 Å². The van der Waals surface area contributed by atoms with Crippen LogP contribution in [-0.4, -0.2) is 53.9 Å². The lowest BCUT2D eigenvalue weighted by Gasteiger charge is -2.35. The maximum atomic E-state index is 12.8. The third kappa shape index (κ3) is 5.22. The summed E-state index contributed by atoms with van der Waals surface area (Å²) in [5.74, 6) is 0.875. The summed E-state index contributed by atoms with van der Waals surface area (Å²) in [6, 6.07) is 15.8. The zero-order chi connectivity index (χ0) is 23.4. The van der Waals surface area contributed by atoms with E-state index in [4.69, 9.17) is 16.3 Å². The standard InChI is InChI=1S/C26H29ClN4O2/c1-19-24(20(2)31(28-19)18-21-6-4-5-7-25(21)27)12-13-26(32)30-16-14-29(15-17-30)22-8-10-23(33-3)11-9-22/h4-13H,14-18H2,1-3H3/b13-12+. The van der Waals surface area contributed by atoms with E-state index in [1.807, 2.05) is 65.9 Å². The Hall–Kier alpha value is -3.25. The van der Waals surface area contributed by atoms with E-state index in [2.05, 4.69) is 22.1 Å². The third-order valence-corrected chi connectivity index (χ3v) is 6.51. The molecule has 0 radical (unpaired) electrons. The van der Waals surface area contributed by atoms with Crippen LogP contribution >= 0.6 is 11.6 Å². The van der Waals surface area contributed by atoms with Crippen LogP contribution in [0.5, 0.6) is 5.75 Å². The monoisotopic (exact) mass is 464 g/mol. The average molecular weight is 465 g/mol. The summed E-state index contributed by atoms with van der Waals surface area (Å²) < 4.78 is 7.17. The van der Waals surface area contributed by atoms with Gasteiger partial charge in [-0.2, -0.15) is 5.10 Å². The quantitative estimate of drug-likeness (QED) is 0.501. The van der Waals surface area contributed by atoms with Crippen molar-refractivity contribution in [3.63, 3.8) is 0 Å². The second kappa shape index (κ2) is 10.1. The van der Waals surface area contributed by atoms with Crippen molar-refractivity contribution in [2.24, 2.45) is 0 Å². The number of carbonyl (C=O) groups excluding carboxylic acids is 1. The number of piperazine rings is 1. The lowest BCUT2D eigenvalue weighted by atomic mass is 10.1. The summed E-state index contributed by atoms with van der Waals surface area (Å²) >= 11 is 6.31. The minimum atomic E-state index is 0.0297. The molecule has 0 N–H and O–H groups in total. The number of carbonyl (C=O) groups is 1. The number of benzene rings is 2. The van der Waals surface area contributed by atoms with E-state index in [-0.39, 0.29) is 5.91 Å². The van der Waals surface area contributed by atoms with Crippen molar-refractivity contribution in [3.05, 3.63) is 82.1 Å². The molecule has 3 aromatic rings. The molecular weight excluding hydrogens is 436 g/mol. The largest absolute Gasteiger partial charge is 0.497 e.